The lowest BCUT2D eigenvalue weighted by molar-refractivity contribution is 0.0980. The standard InChI is InChI=1S/C23H23N3O/c1-17(18-8-3-2-4-9-18)25-20-13-14-21(24-16-20)23(27)26-15-7-11-19-10-5-6-12-22(19)26/h2-6,8-10,12-14,16-17,25H,7,11,15H2,1H3. The van der Waals surface area contributed by atoms with Gasteiger partial charge in [-0.3, -0.25) is 4.79 Å². The van der Waals surface area contributed by atoms with E-state index in [4.69, 9.17) is 0 Å². The first-order valence-electron chi connectivity index (χ1n) is 9.40. The van der Waals surface area contributed by atoms with Gasteiger partial charge in [0.2, 0.25) is 0 Å². The molecule has 1 aliphatic rings. The van der Waals surface area contributed by atoms with Crippen LogP contribution in [-0.2, 0) is 6.42 Å². The third-order valence-electron chi connectivity index (χ3n) is 5.02. The highest BCUT2D eigenvalue weighted by Gasteiger charge is 2.24. The van der Waals surface area contributed by atoms with Crippen molar-refractivity contribution in [2.45, 2.75) is 25.8 Å². The summed E-state index contributed by atoms with van der Waals surface area (Å²) in [4.78, 5) is 19.2. The first-order valence-corrected chi connectivity index (χ1v) is 9.40. The SMILES string of the molecule is CC(Nc1ccc(C(=O)N2CCCc3ccccc32)nc1)c1ccccc1. The number of fused-ring (bicyclic) bond motifs is 1. The minimum atomic E-state index is -0.0372. The van der Waals surface area contributed by atoms with Crippen LogP contribution in [0.5, 0.6) is 0 Å². The van der Waals surface area contributed by atoms with Crippen LogP contribution in [0.25, 0.3) is 0 Å². The minimum Gasteiger partial charge on any atom is -0.377 e. The van der Waals surface area contributed by atoms with Crippen LogP contribution in [0.1, 0.15) is 41.0 Å². The number of nitrogens with one attached hydrogen (secondary N) is 1. The number of hydrogen-bond donors (Lipinski definition) is 1. The maximum Gasteiger partial charge on any atom is 0.276 e. The number of aryl methyl sites for hydroxylation is 1. The fraction of sp³-hybridized carbons (Fsp3) is 0.217. The Labute approximate surface area is 159 Å². The largest absolute Gasteiger partial charge is 0.377 e. The topological polar surface area (TPSA) is 45.2 Å². The molecule has 3 aromatic rings. The molecule has 4 nitrogen and oxygen atoms in total. The Hall–Kier alpha value is -3.14. The van der Waals surface area contributed by atoms with Crippen LogP contribution in [0.15, 0.2) is 72.9 Å². The van der Waals surface area contributed by atoms with E-state index in [-0.39, 0.29) is 11.9 Å². The summed E-state index contributed by atoms with van der Waals surface area (Å²) < 4.78 is 0. The van der Waals surface area contributed by atoms with Crippen LogP contribution >= 0.6 is 0 Å². The molecule has 0 fully saturated rings. The number of rotatable bonds is 4. The smallest absolute Gasteiger partial charge is 0.276 e. The van der Waals surface area contributed by atoms with Gasteiger partial charge in [-0.2, -0.15) is 0 Å². The van der Waals surface area contributed by atoms with Crippen molar-refractivity contribution in [3.05, 3.63) is 89.7 Å². The third kappa shape index (κ3) is 3.70. The third-order valence-corrected chi connectivity index (χ3v) is 5.02. The summed E-state index contributed by atoms with van der Waals surface area (Å²) in [6.07, 6.45) is 3.74. The van der Waals surface area contributed by atoms with Gasteiger partial charge in [-0.25, -0.2) is 4.98 Å². The highest BCUT2D eigenvalue weighted by Crippen LogP contribution is 2.28. The van der Waals surface area contributed by atoms with Crippen LogP contribution in [0, 0.1) is 0 Å². The van der Waals surface area contributed by atoms with Gasteiger partial charge in [0.1, 0.15) is 5.69 Å². The molecular formula is C23H23N3O. The van der Waals surface area contributed by atoms with Gasteiger partial charge in [0.15, 0.2) is 0 Å². The molecule has 0 saturated carbocycles. The van der Waals surface area contributed by atoms with Crippen molar-refractivity contribution in [3.63, 3.8) is 0 Å². The molecule has 0 bridgehead atoms. The molecule has 0 saturated heterocycles. The molecule has 1 atom stereocenters. The Morgan fingerprint density at radius 2 is 1.81 bits per heavy atom. The van der Waals surface area contributed by atoms with E-state index in [1.165, 1.54) is 11.1 Å². The number of carbonyl (C=O) groups excluding carboxylic acids is 1. The van der Waals surface area contributed by atoms with Gasteiger partial charge < -0.3 is 10.2 Å². The number of amides is 1. The van der Waals surface area contributed by atoms with Gasteiger partial charge in [0.25, 0.3) is 5.91 Å². The van der Waals surface area contributed by atoms with E-state index in [1.807, 2.05) is 47.4 Å². The van der Waals surface area contributed by atoms with Crippen molar-refractivity contribution < 1.29 is 4.79 Å². The maximum atomic E-state index is 13.0. The molecule has 1 amide bonds. The lowest BCUT2D eigenvalue weighted by Crippen LogP contribution is -2.35. The van der Waals surface area contributed by atoms with Gasteiger partial charge in [-0.05, 0) is 49.1 Å². The lowest BCUT2D eigenvalue weighted by Gasteiger charge is -2.29. The molecule has 1 unspecified atom stereocenters. The highest BCUT2D eigenvalue weighted by atomic mass is 16.2. The van der Waals surface area contributed by atoms with Crippen molar-refractivity contribution in [3.8, 4) is 0 Å². The van der Waals surface area contributed by atoms with Crippen LogP contribution < -0.4 is 10.2 Å². The molecule has 1 aromatic heterocycles. The van der Waals surface area contributed by atoms with E-state index in [1.54, 1.807) is 12.3 Å². The van der Waals surface area contributed by atoms with Crippen molar-refractivity contribution in [2.75, 3.05) is 16.8 Å². The van der Waals surface area contributed by atoms with E-state index in [0.717, 1.165) is 30.8 Å². The van der Waals surface area contributed by atoms with Crippen molar-refractivity contribution in [1.29, 1.82) is 0 Å². The summed E-state index contributed by atoms with van der Waals surface area (Å²) in [5.41, 5.74) is 4.83. The van der Waals surface area contributed by atoms with Crippen LogP contribution in [0.2, 0.25) is 0 Å². The predicted octanol–water partition coefficient (Wildman–Crippen LogP) is 4.85. The number of benzene rings is 2. The zero-order valence-corrected chi connectivity index (χ0v) is 15.4. The average Bonchev–Trinajstić information content (AvgIpc) is 2.74. The molecule has 0 radical (unpaired) electrons. The Morgan fingerprint density at radius 3 is 2.59 bits per heavy atom. The fourth-order valence-corrected chi connectivity index (χ4v) is 3.56. The summed E-state index contributed by atoms with van der Waals surface area (Å²) >= 11 is 0. The van der Waals surface area contributed by atoms with E-state index < -0.39 is 0 Å². The van der Waals surface area contributed by atoms with E-state index in [0.29, 0.717) is 5.69 Å². The Balaban J connectivity index is 1.49. The quantitative estimate of drug-likeness (QED) is 0.726. The zero-order chi connectivity index (χ0) is 18.6. The molecule has 1 N–H and O–H groups in total. The second-order valence-corrected chi connectivity index (χ2v) is 6.90. The Kier molecular flexibility index (Phi) is 4.88. The van der Waals surface area contributed by atoms with Crippen molar-refractivity contribution in [2.24, 2.45) is 0 Å². The summed E-state index contributed by atoms with van der Waals surface area (Å²) in [6, 6.07) is 22.3. The second-order valence-electron chi connectivity index (χ2n) is 6.90. The average molecular weight is 357 g/mol. The fourth-order valence-electron chi connectivity index (χ4n) is 3.56. The number of nitrogens with zero attached hydrogens (tertiary/aromatic N) is 2. The summed E-state index contributed by atoms with van der Waals surface area (Å²) in [7, 11) is 0. The predicted molar refractivity (Wildman–Crippen MR) is 109 cm³/mol. The summed E-state index contributed by atoms with van der Waals surface area (Å²) in [6.45, 7) is 2.85. The normalized spacial score (nSPS) is 14.3. The summed E-state index contributed by atoms with van der Waals surface area (Å²) in [5.74, 6) is -0.0372. The molecule has 4 rings (SSSR count). The van der Waals surface area contributed by atoms with E-state index in [9.17, 15) is 4.79 Å². The van der Waals surface area contributed by atoms with E-state index in [2.05, 4.69) is 35.4 Å². The zero-order valence-electron chi connectivity index (χ0n) is 15.4. The van der Waals surface area contributed by atoms with Gasteiger partial charge in [0.05, 0.1) is 11.9 Å². The Morgan fingerprint density at radius 1 is 1.04 bits per heavy atom. The maximum absolute atomic E-state index is 13.0. The van der Waals surface area contributed by atoms with Gasteiger partial charge in [-0.1, -0.05) is 48.5 Å². The highest BCUT2D eigenvalue weighted by molar-refractivity contribution is 6.05. The number of pyridine rings is 1. The number of para-hydroxylation sites is 1. The van der Waals surface area contributed by atoms with Crippen LogP contribution in [-0.4, -0.2) is 17.4 Å². The molecule has 136 valence electrons. The number of hydrogen-bond acceptors (Lipinski definition) is 3. The lowest BCUT2D eigenvalue weighted by atomic mass is 10.0. The molecule has 27 heavy (non-hydrogen) atoms. The number of anilines is 2. The molecule has 1 aliphatic heterocycles. The summed E-state index contributed by atoms with van der Waals surface area (Å²) in [5, 5.41) is 3.43. The van der Waals surface area contributed by atoms with Crippen molar-refractivity contribution >= 4 is 17.3 Å². The molecular weight excluding hydrogens is 334 g/mol. The van der Waals surface area contributed by atoms with Crippen LogP contribution in [0.4, 0.5) is 11.4 Å². The van der Waals surface area contributed by atoms with Gasteiger partial charge >= 0.3 is 0 Å². The number of aromatic nitrogens is 1. The first kappa shape index (κ1) is 17.3. The van der Waals surface area contributed by atoms with Crippen molar-refractivity contribution in [1.82, 2.24) is 4.98 Å². The van der Waals surface area contributed by atoms with Gasteiger partial charge in [0, 0.05) is 18.3 Å². The molecule has 2 heterocycles. The minimum absolute atomic E-state index is 0.0372. The monoisotopic (exact) mass is 357 g/mol. The first-order chi connectivity index (χ1) is 13.2. The van der Waals surface area contributed by atoms with Crippen LogP contribution in [0.3, 0.4) is 0 Å². The molecule has 4 heteroatoms. The molecule has 0 aliphatic carbocycles. The Bertz CT molecular complexity index is 922. The molecule has 0 spiro atoms. The number of carbonyl (C=O) groups is 1. The molecule has 2 aromatic carbocycles. The van der Waals surface area contributed by atoms with Gasteiger partial charge in [-0.15, -0.1) is 0 Å². The van der Waals surface area contributed by atoms with E-state index >= 15 is 0 Å². The second kappa shape index (κ2) is 7.62.